The molecule has 0 spiro atoms. The number of hydrogen-bond donors (Lipinski definition) is 3. The molecule has 0 aromatic heterocycles. The van der Waals surface area contributed by atoms with E-state index in [0.29, 0.717) is 29.0 Å². The first-order chi connectivity index (χ1) is 13.4. The minimum atomic E-state index is -0.352. The SMILES string of the molecule is CCCCNC(=O)c1ccccc1NC(=O)c1cccc(NC(=O)C(C)C)c1. The van der Waals surface area contributed by atoms with Gasteiger partial charge in [0.2, 0.25) is 5.91 Å². The first kappa shape index (κ1) is 21.2. The standard InChI is InChI=1S/C22H27N3O3/c1-4-5-13-23-22(28)18-11-6-7-12-19(18)25-21(27)16-9-8-10-17(14-16)24-20(26)15(2)3/h6-12,14-15H,4-5,13H2,1-3H3,(H,23,28)(H,24,26)(H,25,27). The highest BCUT2D eigenvalue weighted by Gasteiger charge is 2.14. The molecule has 0 aliphatic rings. The summed E-state index contributed by atoms with van der Waals surface area (Å²) in [5, 5.41) is 8.42. The fraction of sp³-hybridized carbons (Fsp3) is 0.318. The van der Waals surface area contributed by atoms with Crippen molar-refractivity contribution in [2.75, 3.05) is 17.2 Å². The van der Waals surface area contributed by atoms with E-state index >= 15 is 0 Å². The van der Waals surface area contributed by atoms with Gasteiger partial charge >= 0.3 is 0 Å². The molecule has 0 saturated carbocycles. The number of amides is 3. The Balaban J connectivity index is 2.13. The molecule has 6 heteroatoms. The molecule has 0 aliphatic heterocycles. The van der Waals surface area contributed by atoms with Gasteiger partial charge in [0.1, 0.15) is 0 Å². The number of anilines is 2. The van der Waals surface area contributed by atoms with Crippen molar-refractivity contribution in [3.8, 4) is 0 Å². The molecule has 6 nitrogen and oxygen atoms in total. The van der Waals surface area contributed by atoms with Crippen molar-refractivity contribution in [1.82, 2.24) is 5.32 Å². The maximum absolute atomic E-state index is 12.7. The molecule has 0 heterocycles. The van der Waals surface area contributed by atoms with Crippen LogP contribution >= 0.6 is 0 Å². The topological polar surface area (TPSA) is 87.3 Å². The number of rotatable bonds is 8. The van der Waals surface area contributed by atoms with Gasteiger partial charge in [-0.3, -0.25) is 14.4 Å². The third-order valence-electron chi connectivity index (χ3n) is 4.15. The van der Waals surface area contributed by atoms with Gasteiger partial charge in [-0.25, -0.2) is 0 Å². The van der Waals surface area contributed by atoms with Gasteiger partial charge in [0.15, 0.2) is 0 Å². The van der Waals surface area contributed by atoms with E-state index in [-0.39, 0.29) is 23.6 Å². The summed E-state index contributed by atoms with van der Waals surface area (Å²) in [5.74, 6) is -0.848. The van der Waals surface area contributed by atoms with Gasteiger partial charge in [0.05, 0.1) is 11.3 Å². The minimum Gasteiger partial charge on any atom is -0.352 e. The van der Waals surface area contributed by atoms with Gasteiger partial charge in [-0.2, -0.15) is 0 Å². The molecule has 0 unspecified atom stereocenters. The van der Waals surface area contributed by atoms with Crippen LogP contribution in [-0.2, 0) is 4.79 Å². The maximum atomic E-state index is 12.7. The molecule has 148 valence electrons. The molecule has 0 fully saturated rings. The van der Waals surface area contributed by atoms with Gasteiger partial charge < -0.3 is 16.0 Å². The molecule has 28 heavy (non-hydrogen) atoms. The van der Waals surface area contributed by atoms with E-state index in [1.54, 1.807) is 62.4 Å². The van der Waals surface area contributed by atoms with Crippen LogP contribution in [0.3, 0.4) is 0 Å². The summed E-state index contributed by atoms with van der Waals surface area (Å²) in [6.45, 7) is 6.25. The molecule has 0 atom stereocenters. The van der Waals surface area contributed by atoms with Crippen LogP contribution in [0.2, 0.25) is 0 Å². The molecule has 2 aromatic rings. The summed E-state index contributed by atoms with van der Waals surface area (Å²) >= 11 is 0. The normalized spacial score (nSPS) is 10.4. The summed E-state index contributed by atoms with van der Waals surface area (Å²) < 4.78 is 0. The van der Waals surface area contributed by atoms with Crippen LogP contribution in [0, 0.1) is 5.92 Å². The lowest BCUT2D eigenvalue weighted by Crippen LogP contribution is -2.26. The Morgan fingerprint density at radius 2 is 1.68 bits per heavy atom. The average Bonchev–Trinajstić information content (AvgIpc) is 2.68. The molecule has 3 amide bonds. The highest BCUT2D eigenvalue weighted by atomic mass is 16.2. The molecule has 0 radical (unpaired) electrons. The summed E-state index contributed by atoms with van der Waals surface area (Å²) in [4.78, 5) is 36.9. The van der Waals surface area contributed by atoms with E-state index in [9.17, 15) is 14.4 Å². The van der Waals surface area contributed by atoms with E-state index < -0.39 is 0 Å². The molecule has 3 N–H and O–H groups in total. The number of para-hydroxylation sites is 1. The summed E-state index contributed by atoms with van der Waals surface area (Å²) in [7, 11) is 0. The Kier molecular flexibility index (Phi) is 7.75. The van der Waals surface area contributed by atoms with Crippen LogP contribution in [0.25, 0.3) is 0 Å². The maximum Gasteiger partial charge on any atom is 0.255 e. The third kappa shape index (κ3) is 5.94. The zero-order valence-electron chi connectivity index (χ0n) is 16.5. The molecule has 2 rings (SSSR count). The lowest BCUT2D eigenvalue weighted by atomic mass is 10.1. The lowest BCUT2D eigenvalue weighted by molar-refractivity contribution is -0.118. The Hall–Kier alpha value is -3.15. The predicted molar refractivity (Wildman–Crippen MR) is 112 cm³/mol. The number of carbonyl (C=O) groups is 3. The third-order valence-corrected chi connectivity index (χ3v) is 4.15. The number of nitrogens with one attached hydrogen (secondary N) is 3. The fourth-order valence-electron chi connectivity index (χ4n) is 2.48. The second-order valence-electron chi connectivity index (χ2n) is 6.83. The molecule has 0 aliphatic carbocycles. The Labute approximate surface area is 165 Å². The van der Waals surface area contributed by atoms with Gasteiger partial charge in [0.25, 0.3) is 11.8 Å². The number of benzene rings is 2. The van der Waals surface area contributed by atoms with Crippen molar-refractivity contribution in [3.63, 3.8) is 0 Å². The minimum absolute atomic E-state index is 0.119. The van der Waals surface area contributed by atoms with Crippen LogP contribution in [0.15, 0.2) is 48.5 Å². The number of hydrogen-bond acceptors (Lipinski definition) is 3. The highest BCUT2D eigenvalue weighted by Crippen LogP contribution is 2.18. The van der Waals surface area contributed by atoms with E-state index in [4.69, 9.17) is 0 Å². The van der Waals surface area contributed by atoms with E-state index in [1.807, 2.05) is 0 Å². The van der Waals surface area contributed by atoms with Crippen LogP contribution in [0.4, 0.5) is 11.4 Å². The van der Waals surface area contributed by atoms with Crippen molar-refractivity contribution in [3.05, 3.63) is 59.7 Å². The van der Waals surface area contributed by atoms with E-state index in [2.05, 4.69) is 22.9 Å². The largest absolute Gasteiger partial charge is 0.352 e. The average molecular weight is 381 g/mol. The van der Waals surface area contributed by atoms with Crippen LogP contribution in [0.5, 0.6) is 0 Å². The zero-order valence-corrected chi connectivity index (χ0v) is 16.5. The van der Waals surface area contributed by atoms with Gasteiger partial charge in [0, 0.05) is 23.7 Å². The summed E-state index contributed by atoms with van der Waals surface area (Å²) in [6, 6.07) is 13.6. The zero-order chi connectivity index (χ0) is 20.5. The second-order valence-corrected chi connectivity index (χ2v) is 6.83. The molecule has 0 bridgehead atoms. The Morgan fingerprint density at radius 3 is 2.39 bits per heavy atom. The highest BCUT2D eigenvalue weighted by molar-refractivity contribution is 6.09. The lowest BCUT2D eigenvalue weighted by Gasteiger charge is -2.12. The first-order valence-corrected chi connectivity index (χ1v) is 9.52. The molecular formula is C22H27N3O3. The van der Waals surface area contributed by atoms with Crippen molar-refractivity contribution in [1.29, 1.82) is 0 Å². The van der Waals surface area contributed by atoms with Gasteiger partial charge in [-0.15, -0.1) is 0 Å². The van der Waals surface area contributed by atoms with Crippen LogP contribution < -0.4 is 16.0 Å². The molecular weight excluding hydrogens is 354 g/mol. The quantitative estimate of drug-likeness (QED) is 0.603. The smallest absolute Gasteiger partial charge is 0.255 e. The van der Waals surface area contributed by atoms with Crippen molar-refractivity contribution < 1.29 is 14.4 Å². The summed E-state index contributed by atoms with van der Waals surface area (Å²) in [5.41, 5.74) is 1.80. The first-order valence-electron chi connectivity index (χ1n) is 9.52. The number of carbonyl (C=O) groups excluding carboxylic acids is 3. The predicted octanol–water partition coefficient (Wildman–Crippen LogP) is 4.06. The Bertz CT molecular complexity index is 846. The van der Waals surface area contributed by atoms with Crippen LogP contribution in [-0.4, -0.2) is 24.3 Å². The van der Waals surface area contributed by atoms with E-state index in [0.717, 1.165) is 12.8 Å². The molecule has 2 aromatic carbocycles. The monoisotopic (exact) mass is 381 g/mol. The van der Waals surface area contributed by atoms with Crippen molar-refractivity contribution >= 4 is 29.1 Å². The summed E-state index contributed by atoms with van der Waals surface area (Å²) in [6.07, 6.45) is 1.89. The fourth-order valence-corrected chi connectivity index (χ4v) is 2.48. The Morgan fingerprint density at radius 1 is 0.929 bits per heavy atom. The van der Waals surface area contributed by atoms with Crippen molar-refractivity contribution in [2.24, 2.45) is 5.92 Å². The van der Waals surface area contributed by atoms with Crippen molar-refractivity contribution in [2.45, 2.75) is 33.6 Å². The van der Waals surface area contributed by atoms with Gasteiger partial charge in [-0.05, 0) is 36.8 Å². The second kappa shape index (κ2) is 10.3. The van der Waals surface area contributed by atoms with Gasteiger partial charge in [-0.1, -0.05) is 45.4 Å². The van der Waals surface area contributed by atoms with E-state index in [1.165, 1.54) is 0 Å². The molecule has 0 saturated heterocycles. The number of unbranched alkanes of at least 4 members (excludes halogenated alkanes) is 1. The van der Waals surface area contributed by atoms with Crippen LogP contribution in [0.1, 0.15) is 54.3 Å².